The summed E-state index contributed by atoms with van der Waals surface area (Å²) in [4.78, 5) is 8.42. The first-order valence-electron chi connectivity index (χ1n) is 5.20. The minimum atomic E-state index is 0.991. The van der Waals surface area contributed by atoms with Gasteiger partial charge in [0.15, 0.2) is 0 Å². The number of rotatable bonds is 2. The second kappa shape index (κ2) is 4.10. The van der Waals surface area contributed by atoms with Crippen LogP contribution in [0.5, 0.6) is 0 Å². The highest BCUT2D eigenvalue weighted by Crippen LogP contribution is 2.23. The van der Waals surface area contributed by atoms with Crippen molar-refractivity contribution in [3.05, 3.63) is 47.3 Å². The molecule has 0 aliphatic carbocycles. The lowest BCUT2D eigenvalue weighted by molar-refractivity contribution is 0.879. The maximum Gasteiger partial charge on any atom is 0.138 e. The van der Waals surface area contributed by atoms with Crippen LogP contribution in [-0.2, 0) is 0 Å². The van der Waals surface area contributed by atoms with Crippen molar-refractivity contribution in [3.63, 3.8) is 0 Å². The molecular formula is C12H10N4S. The summed E-state index contributed by atoms with van der Waals surface area (Å²) in [6, 6.07) is 8.11. The molecule has 4 nitrogen and oxygen atoms in total. The fourth-order valence-electron chi connectivity index (χ4n) is 1.65. The normalized spacial score (nSPS) is 10.6. The Hall–Kier alpha value is -2.01. The molecule has 17 heavy (non-hydrogen) atoms. The number of thiazole rings is 1. The predicted octanol–water partition coefficient (Wildman–Crippen LogP) is 2.70. The minimum Gasteiger partial charge on any atom is -0.242 e. The maximum absolute atomic E-state index is 4.48. The van der Waals surface area contributed by atoms with Crippen molar-refractivity contribution < 1.29 is 0 Å². The Balaban J connectivity index is 2.05. The third-order valence-electron chi connectivity index (χ3n) is 2.44. The Bertz CT molecular complexity index is 628. The molecule has 0 amide bonds. The molecule has 0 bridgehead atoms. The summed E-state index contributed by atoms with van der Waals surface area (Å²) in [6.07, 6.45) is 3.21. The van der Waals surface area contributed by atoms with Gasteiger partial charge in [-0.05, 0) is 19.1 Å². The van der Waals surface area contributed by atoms with E-state index in [1.54, 1.807) is 22.3 Å². The lowest BCUT2D eigenvalue weighted by Gasteiger charge is -2.02. The van der Waals surface area contributed by atoms with E-state index in [2.05, 4.69) is 32.6 Å². The van der Waals surface area contributed by atoms with E-state index >= 15 is 0 Å². The number of hydrogen-bond donors (Lipinski definition) is 0. The first kappa shape index (κ1) is 10.2. The first-order chi connectivity index (χ1) is 8.33. The third-order valence-corrected chi connectivity index (χ3v) is 3.22. The summed E-state index contributed by atoms with van der Waals surface area (Å²) in [7, 11) is 0. The third kappa shape index (κ3) is 1.97. The number of aromatic nitrogens is 4. The molecule has 1 aromatic carbocycles. The van der Waals surface area contributed by atoms with Gasteiger partial charge in [0.05, 0.1) is 16.4 Å². The Labute approximate surface area is 103 Å². The zero-order valence-corrected chi connectivity index (χ0v) is 10.1. The molecule has 0 aliphatic rings. The topological polar surface area (TPSA) is 43.6 Å². The van der Waals surface area contributed by atoms with E-state index < -0.39 is 0 Å². The smallest absolute Gasteiger partial charge is 0.138 e. The van der Waals surface area contributed by atoms with Crippen LogP contribution in [0.3, 0.4) is 0 Å². The van der Waals surface area contributed by atoms with Crippen molar-refractivity contribution in [1.29, 1.82) is 0 Å². The predicted molar refractivity (Wildman–Crippen MR) is 67.2 cm³/mol. The zero-order valence-electron chi connectivity index (χ0n) is 9.24. The van der Waals surface area contributed by atoms with Gasteiger partial charge in [0, 0.05) is 10.9 Å². The van der Waals surface area contributed by atoms with Crippen LogP contribution in [0.15, 0.2) is 42.3 Å². The van der Waals surface area contributed by atoms with E-state index in [1.165, 1.54) is 6.33 Å². The molecule has 0 radical (unpaired) electrons. The van der Waals surface area contributed by atoms with Gasteiger partial charge in [-0.15, -0.1) is 11.3 Å². The minimum absolute atomic E-state index is 0.991. The molecule has 0 N–H and O–H groups in total. The Morgan fingerprint density at radius 3 is 2.94 bits per heavy atom. The molecule has 0 unspecified atom stereocenters. The molecule has 5 heteroatoms. The molecule has 0 atom stereocenters. The molecule has 3 aromatic rings. The average Bonchev–Trinajstić information content (AvgIpc) is 3.00. The van der Waals surface area contributed by atoms with Crippen LogP contribution < -0.4 is 0 Å². The van der Waals surface area contributed by atoms with Gasteiger partial charge in [-0.1, -0.05) is 12.1 Å². The van der Waals surface area contributed by atoms with Crippen molar-refractivity contribution in [2.24, 2.45) is 0 Å². The van der Waals surface area contributed by atoms with Gasteiger partial charge in [-0.2, -0.15) is 5.10 Å². The highest BCUT2D eigenvalue weighted by Gasteiger charge is 2.04. The van der Waals surface area contributed by atoms with Crippen molar-refractivity contribution >= 4 is 11.3 Å². The molecule has 0 fully saturated rings. The van der Waals surface area contributed by atoms with Gasteiger partial charge in [-0.25, -0.2) is 14.6 Å². The molecule has 84 valence electrons. The van der Waals surface area contributed by atoms with E-state index in [4.69, 9.17) is 0 Å². The average molecular weight is 242 g/mol. The summed E-state index contributed by atoms with van der Waals surface area (Å²) < 4.78 is 1.74. The van der Waals surface area contributed by atoms with Crippen LogP contribution >= 0.6 is 11.3 Å². The number of hydrogen-bond acceptors (Lipinski definition) is 4. The van der Waals surface area contributed by atoms with E-state index in [1.807, 2.05) is 19.1 Å². The van der Waals surface area contributed by atoms with Gasteiger partial charge in [0.1, 0.15) is 12.7 Å². The molecule has 0 spiro atoms. The molecule has 2 heterocycles. The lowest BCUT2D eigenvalue weighted by atomic mass is 10.1. The van der Waals surface area contributed by atoms with Gasteiger partial charge in [0.2, 0.25) is 0 Å². The maximum atomic E-state index is 4.48. The fraction of sp³-hybridized carbons (Fsp3) is 0.0833. The van der Waals surface area contributed by atoms with Crippen molar-refractivity contribution in [3.8, 4) is 16.9 Å². The van der Waals surface area contributed by atoms with Gasteiger partial charge in [0.25, 0.3) is 0 Å². The number of benzene rings is 1. The summed E-state index contributed by atoms with van der Waals surface area (Å²) in [5.41, 5.74) is 3.10. The monoisotopic (exact) mass is 242 g/mol. The molecule has 2 aromatic heterocycles. The Kier molecular flexibility index (Phi) is 2.45. The van der Waals surface area contributed by atoms with Gasteiger partial charge in [-0.3, -0.25) is 0 Å². The lowest BCUT2D eigenvalue weighted by Crippen LogP contribution is -1.94. The van der Waals surface area contributed by atoms with E-state index in [0.717, 1.165) is 22.0 Å². The van der Waals surface area contributed by atoms with Crippen molar-refractivity contribution in [2.45, 2.75) is 6.92 Å². The van der Waals surface area contributed by atoms with Crippen molar-refractivity contribution in [2.75, 3.05) is 0 Å². The van der Waals surface area contributed by atoms with Crippen LogP contribution in [0, 0.1) is 6.92 Å². The van der Waals surface area contributed by atoms with Crippen molar-refractivity contribution in [1.82, 2.24) is 19.7 Å². The van der Waals surface area contributed by atoms with E-state index in [0.29, 0.717) is 0 Å². The van der Waals surface area contributed by atoms with Gasteiger partial charge >= 0.3 is 0 Å². The van der Waals surface area contributed by atoms with Crippen LogP contribution in [-0.4, -0.2) is 19.7 Å². The van der Waals surface area contributed by atoms with Crippen LogP contribution in [0.1, 0.15) is 5.01 Å². The highest BCUT2D eigenvalue weighted by molar-refractivity contribution is 7.09. The molecule has 0 saturated carbocycles. The van der Waals surface area contributed by atoms with E-state index in [9.17, 15) is 0 Å². The molecule has 3 rings (SSSR count). The zero-order chi connectivity index (χ0) is 11.7. The van der Waals surface area contributed by atoms with Crippen LogP contribution in [0.4, 0.5) is 0 Å². The largest absolute Gasteiger partial charge is 0.242 e. The quantitative estimate of drug-likeness (QED) is 0.694. The number of nitrogens with zero attached hydrogens (tertiary/aromatic N) is 4. The second-order valence-electron chi connectivity index (χ2n) is 3.64. The summed E-state index contributed by atoms with van der Waals surface area (Å²) in [6.45, 7) is 2.01. The highest BCUT2D eigenvalue weighted by atomic mass is 32.1. The molecular weight excluding hydrogens is 232 g/mol. The summed E-state index contributed by atoms with van der Waals surface area (Å²) in [5.74, 6) is 0. The van der Waals surface area contributed by atoms with Crippen LogP contribution in [0.25, 0.3) is 16.9 Å². The molecule has 0 saturated heterocycles. The SMILES string of the molecule is Cc1nc(-c2cccc(-n3cncn3)c2)cs1. The molecule has 0 aliphatic heterocycles. The van der Waals surface area contributed by atoms with Gasteiger partial charge < -0.3 is 0 Å². The number of aryl methyl sites for hydroxylation is 1. The summed E-state index contributed by atoms with van der Waals surface area (Å²) >= 11 is 1.66. The standard InChI is InChI=1S/C12H10N4S/c1-9-15-12(6-17-9)10-3-2-4-11(5-10)16-8-13-7-14-16/h2-8H,1H3. The first-order valence-corrected chi connectivity index (χ1v) is 6.08. The van der Waals surface area contributed by atoms with Crippen LogP contribution in [0.2, 0.25) is 0 Å². The Morgan fingerprint density at radius 1 is 1.29 bits per heavy atom. The Morgan fingerprint density at radius 2 is 2.24 bits per heavy atom. The summed E-state index contributed by atoms with van der Waals surface area (Å²) in [5, 5.41) is 7.25. The van der Waals surface area contributed by atoms with E-state index in [-0.39, 0.29) is 0 Å². The second-order valence-corrected chi connectivity index (χ2v) is 4.70. The fourth-order valence-corrected chi connectivity index (χ4v) is 2.27.